The van der Waals surface area contributed by atoms with E-state index in [0.29, 0.717) is 0 Å². The van der Waals surface area contributed by atoms with Gasteiger partial charge in [0.1, 0.15) is 41.8 Å². The minimum absolute atomic E-state index is 0. The van der Waals surface area contributed by atoms with Crippen LogP contribution in [0.4, 0.5) is 40.3 Å². The summed E-state index contributed by atoms with van der Waals surface area (Å²) in [7, 11) is -34.5. The van der Waals surface area contributed by atoms with E-state index in [1.54, 1.807) is 0 Å². The van der Waals surface area contributed by atoms with Gasteiger partial charge in [0, 0.05) is 16.8 Å². The molecule has 0 radical (unpaired) electrons. The molecular weight excluding hydrogens is 1250 g/mol. The van der Waals surface area contributed by atoms with Crippen LogP contribution < -0.4 is 174 Å². The van der Waals surface area contributed by atoms with Crippen molar-refractivity contribution in [2.45, 2.75) is 24.5 Å². The number of nitrogens with one attached hydrogen (secondary N) is 3. The average molecular weight is 1280 g/mol. The van der Waals surface area contributed by atoms with E-state index < -0.39 is 155 Å². The van der Waals surface area contributed by atoms with Gasteiger partial charge in [0.25, 0.3) is 0 Å². The number of fused-ring (bicyclic) bond motifs is 1. The summed E-state index contributed by atoms with van der Waals surface area (Å²) in [5, 5.41) is 24.4. The van der Waals surface area contributed by atoms with Gasteiger partial charge in [0.05, 0.1) is 67.7 Å². The second kappa shape index (κ2) is 29.9. The van der Waals surface area contributed by atoms with Gasteiger partial charge < -0.3 is 38.7 Å². The maximum absolute atomic E-state index is 13.8. The van der Waals surface area contributed by atoms with Crippen LogP contribution in [0.5, 0.6) is 11.5 Å². The third kappa shape index (κ3) is 21.1. The molecule has 398 valence electrons. The molecule has 0 saturated carbocycles. The zero-order valence-corrected chi connectivity index (χ0v) is 57.1. The minimum atomic E-state index is -5.87. The number of aromatic nitrogens is 3. The third-order valence-corrected chi connectivity index (χ3v) is 16.3. The predicted octanol–water partition coefficient (Wildman–Crippen LogP) is -14.2. The van der Waals surface area contributed by atoms with Gasteiger partial charge >= 0.3 is 158 Å². The SMILES string of the molecule is COc1ccc(N=Nc2c(S(=O)(=O)[O-])cc3c(S(=O)(=O)[O-])c(N=c4nc(Nc5ccc(S(=O)(=O)CCOS(=O)(=O)O)cc5)nc(Nc5ccc(S(=O)(=O)CCOS(=O)(=O)[O-])cc5)[nH]4)ccc3c2[O-])c(S(=O)(=O)[O-])c1.[Na+].[Na+].[Na+].[Na+].[Na+]. The Kier molecular flexibility index (Phi) is 28.5. The number of methoxy groups -OCH3 is 1. The molecule has 0 aliphatic rings. The number of nitrogens with zero attached hydrogens (tertiary/aromatic N) is 5. The zero-order valence-electron chi connectivity index (χ0n) is 41.4. The first-order valence-electron chi connectivity index (χ1n) is 19.4. The van der Waals surface area contributed by atoms with E-state index >= 15 is 0 Å². The molecule has 4 N–H and O–H groups in total. The second-order valence-electron chi connectivity index (χ2n) is 14.3. The molecule has 1 heterocycles. The van der Waals surface area contributed by atoms with Crippen molar-refractivity contribution in [2.75, 3.05) is 42.5 Å². The Bertz CT molecular complexity index is 4020. The number of H-pyrrole nitrogens is 1. The van der Waals surface area contributed by atoms with Crippen LogP contribution in [0, 0.1) is 0 Å². The number of benzene rings is 5. The van der Waals surface area contributed by atoms with Gasteiger partial charge in [-0.05, 0) is 84.2 Å². The van der Waals surface area contributed by atoms with Gasteiger partial charge in [-0.3, -0.25) is 13.7 Å². The monoisotopic (exact) mass is 1280 g/mol. The van der Waals surface area contributed by atoms with E-state index in [4.69, 9.17) is 9.29 Å². The Labute approximate surface area is 560 Å². The van der Waals surface area contributed by atoms with Gasteiger partial charge in [0.2, 0.25) is 27.9 Å². The van der Waals surface area contributed by atoms with E-state index in [2.05, 4.69) is 49.2 Å². The number of rotatable bonds is 21. The van der Waals surface area contributed by atoms with Crippen molar-refractivity contribution in [3.05, 3.63) is 90.5 Å². The summed E-state index contributed by atoms with van der Waals surface area (Å²) in [5.74, 6) is -4.35. The summed E-state index contributed by atoms with van der Waals surface area (Å²) < 4.78 is 239. The van der Waals surface area contributed by atoms with Gasteiger partial charge in [0.15, 0.2) is 19.7 Å². The average Bonchev–Trinajstić information content (AvgIpc) is 3.26. The molecule has 43 heteroatoms. The molecule has 0 unspecified atom stereocenters. The molecule has 6 aromatic rings. The maximum Gasteiger partial charge on any atom is 1.00 e. The first-order chi connectivity index (χ1) is 34.1. The van der Waals surface area contributed by atoms with Crippen molar-refractivity contribution in [1.82, 2.24) is 15.0 Å². The Balaban J connectivity index is 0.00000624. The Hall–Kier alpha value is -1.66. The molecule has 0 amide bonds. The molecule has 0 aliphatic carbocycles. The Morgan fingerprint density at radius 2 is 1.09 bits per heavy atom. The van der Waals surface area contributed by atoms with Crippen LogP contribution >= 0.6 is 0 Å². The summed E-state index contributed by atoms with van der Waals surface area (Å²) in [5.41, 5.74) is -3.55. The third-order valence-electron chi connectivity index (χ3n) is 9.35. The van der Waals surface area contributed by atoms with Gasteiger partial charge in [-0.2, -0.15) is 18.4 Å². The molecule has 0 fully saturated rings. The first kappa shape index (κ1) is 75.4. The number of ether oxygens (including phenoxy) is 1. The zero-order chi connectivity index (χ0) is 54.8. The number of hydrogen-bond donors (Lipinski definition) is 4. The van der Waals surface area contributed by atoms with Crippen molar-refractivity contribution >= 4 is 122 Å². The quantitative estimate of drug-likeness (QED) is 0.0225. The van der Waals surface area contributed by atoms with Crippen LogP contribution in [0.2, 0.25) is 0 Å². The van der Waals surface area contributed by atoms with E-state index in [9.17, 15) is 82.2 Å². The normalized spacial score (nSPS) is 12.5. The van der Waals surface area contributed by atoms with Crippen LogP contribution in [0.1, 0.15) is 0 Å². The largest absolute Gasteiger partial charge is 1.00 e. The molecule has 5 aromatic carbocycles. The smallest absolute Gasteiger partial charge is 0.871 e. The molecular formula is C36H29N8Na5O23S7. The molecule has 0 aliphatic heterocycles. The fourth-order valence-corrected chi connectivity index (χ4v) is 11.2. The van der Waals surface area contributed by atoms with E-state index in [1.165, 1.54) is 24.3 Å². The summed E-state index contributed by atoms with van der Waals surface area (Å²) in [6.45, 7) is -1.94. The fourth-order valence-electron chi connectivity index (χ4n) is 6.18. The summed E-state index contributed by atoms with van der Waals surface area (Å²) in [4.78, 5) is 10.1. The molecule has 0 spiro atoms. The number of azo groups is 1. The molecule has 6 rings (SSSR count). The van der Waals surface area contributed by atoms with Crippen LogP contribution in [0.25, 0.3) is 10.8 Å². The molecule has 31 nitrogen and oxygen atoms in total. The van der Waals surface area contributed by atoms with Crippen molar-refractivity contribution < 1.29 is 248 Å². The Morgan fingerprint density at radius 1 is 0.582 bits per heavy atom. The van der Waals surface area contributed by atoms with Crippen molar-refractivity contribution in [3.63, 3.8) is 0 Å². The van der Waals surface area contributed by atoms with Gasteiger partial charge in [-0.15, -0.1) is 10.2 Å². The molecule has 0 saturated heterocycles. The van der Waals surface area contributed by atoms with E-state index in [0.717, 1.165) is 61.7 Å². The molecule has 0 atom stereocenters. The maximum atomic E-state index is 13.8. The van der Waals surface area contributed by atoms with Gasteiger partial charge in [-0.25, -0.2) is 59.7 Å². The van der Waals surface area contributed by atoms with Crippen LogP contribution in [-0.4, -0.2) is 128 Å². The summed E-state index contributed by atoms with van der Waals surface area (Å²) in [6.07, 6.45) is 0. The first-order valence-corrected chi connectivity index (χ1v) is 29.6. The molecule has 1 aromatic heterocycles. The van der Waals surface area contributed by atoms with Crippen LogP contribution in [0.3, 0.4) is 0 Å². The van der Waals surface area contributed by atoms with E-state index in [-0.39, 0.29) is 187 Å². The van der Waals surface area contributed by atoms with Crippen molar-refractivity contribution in [1.29, 1.82) is 0 Å². The summed E-state index contributed by atoms with van der Waals surface area (Å²) >= 11 is 0. The minimum Gasteiger partial charge on any atom is -0.871 e. The predicted molar refractivity (Wildman–Crippen MR) is 243 cm³/mol. The van der Waals surface area contributed by atoms with Crippen LogP contribution in [0.15, 0.2) is 125 Å². The number of sulfone groups is 2. The summed E-state index contributed by atoms with van der Waals surface area (Å²) in [6, 6.07) is 13.4. The Morgan fingerprint density at radius 3 is 1.57 bits per heavy atom. The van der Waals surface area contributed by atoms with Gasteiger partial charge in [-0.1, -0.05) is 11.8 Å². The van der Waals surface area contributed by atoms with Crippen molar-refractivity contribution in [3.8, 4) is 11.5 Å². The number of hydrogen-bond acceptors (Lipinski definition) is 29. The molecule has 0 bridgehead atoms. The standard InChI is InChI=1S/C36H34N8O23S7.5Na/c1-65-22-6-12-27(29(18-22)70(50,51)52)43-44-31-30(71(53,54)55)19-26-25(32(31)45)11-13-28(33(26)72(56,57)58)39-36-41-34(37-20-2-7-23(8-3-20)68(46,47)16-14-66-73(59,60)61)40-35(42-36)38-21-4-9-24(10-5-21)69(48,49)17-15-67-74(62,63)64;;;;;/h2-13,18-19,45H,14-17H2,1H3,(H,50,51,52)(H,53,54,55)(H,56,57,58)(H,59,60,61)(H,62,63,64)(H3,37,38,39,40,41,42);;;;;/q;5*+1/p-5. The number of anilines is 4. The fraction of sp³-hybridized carbons (Fsp3) is 0.139. The second-order valence-corrected chi connectivity index (χ2v) is 24.7. The van der Waals surface area contributed by atoms with Crippen molar-refractivity contribution in [2.24, 2.45) is 15.2 Å². The topological polar surface area (TPSA) is 505 Å². The van der Waals surface area contributed by atoms with E-state index in [1.807, 2.05) is 0 Å². The molecule has 79 heavy (non-hydrogen) atoms. The number of aromatic amines is 1. The van der Waals surface area contributed by atoms with Crippen LogP contribution in [-0.2, 0) is 79.2 Å².